The van der Waals surface area contributed by atoms with E-state index in [0.29, 0.717) is 15.1 Å². The van der Waals surface area contributed by atoms with Gasteiger partial charge in [0, 0.05) is 29.9 Å². The smallest absolute Gasteiger partial charge is 0.0992 e. The summed E-state index contributed by atoms with van der Waals surface area (Å²) >= 11 is 13.3. The van der Waals surface area contributed by atoms with E-state index in [1.807, 2.05) is 25.1 Å². The number of hydrogen-bond acceptors (Lipinski definition) is 3. The zero-order chi connectivity index (χ0) is 12.4. The molecule has 2 heterocycles. The SMILES string of the molecule is Cc1cccnc1CC(N)c1cc(Cl)sc1Cl. The Bertz CT molecular complexity index is 525. The largest absolute Gasteiger partial charge is 0.324 e. The second kappa shape index (κ2) is 5.36. The van der Waals surface area contributed by atoms with E-state index in [4.69, 9.17) is 28.9 Å². The average molecular weight is 287 g/mol. The molecule has 2 N–H and O–H groups in total. The molecule has 2 aromatic rings. The van der Waals surface area contributed by atoms with E-state index in [2.05, 4.69) is 4.98 Å². The third-order valence-corrected chi connectivity index (χ3v) is 4.13. The van der Waals surface area contributed by atoms with E-state index in [-0.39, 0.29) is 6.04 Å². The second-order valence-corrected chi connectivity index (χ2v) is 6.14. The van der Waals surface area contributed by atoms with Crippen LogP contribution in [0.4, 0.5) is 0 Å². The molecule has 1 atom stereocenters. The number of aryl methyl sites for hydroxylation is 1. The number of hydrogen-bond donors (Lipinski definition) is 1. The molecule has 1 unspecified atom stereocenters. The first-order valence-corrected chi connectivity index (χ1v) is 6.76. The lowest BCUT2D eigenvalue weighted by molar-refractivity contribution is 0.705. The molecular weight excluding hydrogens is 275 g/mol. The molecule has 2 nitrogen and oxygen atoms in total. The highest BCUT2D eigenvalue weighted by Gasteiger charge is 2.15. The van der Waals surface area contributed by atoms with Crippen LogP contribution in [-0.4, -0.2) is 4.98 Å². The molecular formula is C12H12Cl2N2S. The van der Waals surface area contributed by atoms with Crippen molar-refractivity contribution in [3.05, 3.63) is 49.9 Å². The van der Waals surface area contributed by atoms with Gasteiger partial charge in [0.25, 0.3) is 0 Å². The molecule has 0 aromatic carbocycles. The lowest BCUT2D eigenvalue weighted by Crippen LogP contribution is -2.14. The molecule has 0 radical (unpaired) electrons. The van der Waals surface area contributed by atoms with Crippen LogP contribution in [-0.2, 0) is 6.42 Å². The first-order chi connectivity index (χ1) is 8.08. The highest BCUT2D eigenvalue weighted by Crippen LogP contribution is 2.35. The van der Waals surface area contributed by atoms with Crippen molar-refractivity contribution in [1.82, 2.24) is 4.98 Å². The molecule has 5 heteroatoms. The zero-order valence-corrected chi connectivity index (χ0v) is 11.6. The Morgan fingerprint density at radius 2 is 2.24 bits per heavy atom. The summed E-state index contributed by atoms with van der Waals surface area (Å²) < 4.78 is 1.33. The van der Waals surface area contributed by atoms with Gasteiger partial charge in [-0.05, 0) is 24.6 Å². The minimum absolute atomic E-state index is 0.167. The van der Waals surface area contributed by atoms with Gasteiger partial charge in [0.1, 0.15) is 0 Å². The van der Waals surface area contributed by atoms with Gasteiger partial charge in [-0.3, -0.25) is 4.98 Å². The zero-order valence-electron chi connectivity index (χ0n) is 9.28. The molecule has 0 spiro atoms. The van der Waals surface area contributed by atoms with Gasteiger partial charge in [0.05, 0.1) is 8.67 Å². The topological polar surface area (TPSA) is 38.9 Å². The predicted octanol–water partition coefficient (Wildman–Crippen LogP) is 4.00. The molecule has 90 valence electrons. The van der Waals surface area contributed by atoms with Crippen LogP contribution in [0.3, 0.4) is 0 Å². The van der Waals surface area contributed by atoms with Gasteiger partial charge in [0.15, 0.2) is 0 Å². The molecule has 0 saturated heterocycles. The summed E-state index contributed by atoms with van der Waals surface area (Å²) in [4.78, 5) is 4.33. The Morgan fingerprint density at radius 3 is 2.82 bits per heavy atom. The van der Waals surface area contributed by atoms with Gasteiger partial charge < -0.3 is 5.73 Å². The van der Waals surface area contributed by atoms with Crippen LogP contribution in [0.1, 0.15) is 22.9 Å². The Balaban J connectivity index is 2.20. The van der Waals surface area contributed by atoms with Crippen molar-refractivity contribution in [2.75, 3.05) is 0 Å². The lowest BCUT2D eigenvalue weighted by atomic mass is 10.0. The van der Waals surface area contributed by atoms with Crippen molar-refractivity contribution < 1.29 is 0 Å². The first-order valence-electron chi connectivity index (χ1n) is 5.18. The Labute approximate surface area is 114 Å². The van der Waals surface area contributed by atoms with E-state index >= 15 is 0 Å². The summed E-state index contributed by atoms with van der Waals surface area (Å²) in [5.41, 5.74) is 9.17. The number of rotatable bonds is 3. The number of nitrogens with two attached hydrogens (primary N) is 1. The summed E-state index contributed by atoms with van der Waals surface area (Å²) in [5, 5.41) is 0. The molecule has 2 rings (SSSR count). The Kier molecular flexibility index (Phi) is 4.05. The highest BCUT2D eigenvalue weighted by molar-refractivity contribution is 7.20. The van der Waals surface area contributed by atoms with Gasteiger partial charge in [-0.2, -0.15) is 0 Å². The molecule has 0 aliphatic carbocycles. The van der Waals surface area contributed by atoms with E-state index < -0.39 is 0 Å². The number of aromatic nitrogens is 1. The monoisotopic (exact) mass is 286 g/mol. The molecule has 0 amide bonds. The molecule has 0 fully saturated rings. The fourth-order valence-corrected chi connectivity index (χ4v) is 3.25. The Hall–Kier alpha value is -0.610. The van der Waals surface area contributed by atoms with Crippen LogP contribution < -0.4 is 5.73 Å². The van der Waals surface area contributed by atoms with E-state index in [0.717, 1.165) is 16.8 Å². The second-order valence-electron chi connectivity index (χ2n) is 3.86. The van der Waals surface area contributed by atoms with Crippen LogP contribution in [0, 0.1) is 6.92 Å². The van der Waals surface area contributed by atoms with Crippen LogP contribution in [0.5, 0.6) is 0 Å². The third-order valence-electron chi connectivity index (χ3n) is 2.61. The van der Waals surface area contributed by atoms with Gasteiger partial charge in [-0.15, -0.1) is 11.3 Å². The van der Waals surface area contributed by atoms with Gasteiger partial charge >= 0.3 is 0 Å². The van der Waals surface area contributed by atoms with Crippen LogP contribution in [0.25, 0.3) is 0 Å². The van der Waals surface area contributed by atoms with Crippen molar-refractivity contribution in [1.29, 1.82) is 0 Å². The number of thiophene rings is 1. The van der Waals surface area contributed by atoms with Gasteiger partial charge in [-0.25, -0.2) is 0 Å². The Morgan fingerprint density at radius 1 is 1.47 bits per heavy atom. The average Bonchev–Trinajstić information content (AvgIpc) is 2.61. The maximum absolute atomic E-state index is 6.13. The highest BCUT2D eigenvalue weighted by atomic mass is 35.5. The number of nitrogens with zero attached hydrogens (tertiary/aromatic N) is 1. The van der Waals surface area contributed by atoms with Gasteiger partial charge in [-0.1, -0.05) is 29.3 Å². The standard InChI is InChI=1S/C12H12Cl2N2S/c1-7-3-2-4-16-10(7)6-9(15)8-5-11(13)17-12(8)14/h2-5,9H,6,15H2,1H3. The summed E-state index contributed by atoms with van der Waals surface area (Å²) in [6.45, 7) is 2.03. The predicted molar refractivity (Wildman–Crippen MR) is 73.9 cm³/mol. The minimum Gasteiger partial charge on any atom is -0.324 e. The normalized spacial score (nSPS) is 12.7. The maximum atomic E-state index is 6.13. The lowest BCUT2D eigenvalue weighted by Gasteiger charge is -2.11. The summed E-state index contributed by atoms with van der Waals surface area (Å²) in [5.74, 6) is 0. The van der Waals surface area contributed by atoms with E-state index in [9.17, 15) is 0 Å². The van der Waals surface area contributed by atoms with Crippen LogP contribution >= 0.6 is 34.5 Å². The van der Waals surface area contributed by atoms with Crippen LogP contribution in [0.15, 0.2) is 24.4 Å². The van der Waals surface area contributed by atoms with Crippen molar-refractivity contribution in [3.63, 3.8) is 0 Å². The first kappa shape index (κ1) is 12.8. The maximum Gasteiger partial charge on any atom is 0.0992 e. The number of halogens is 2. The molecule has 17 heavy (non-hydrogen) atoms. The summed E-state index contributed by atoms with van der Waals surface area (Å²) in [6.07, 6.45) is 2.44. The summed E-state index contributed by atoms with van der Waals surface area (Å²) in [6, 6.07) is 5.60. The molecule has 0 aliphatic rings. The van der Waals surface area contributed by atoms with E-state index in [1.54, 1.807) is 6.20 Å². The molecule has 0 bridgehead atoms. The quantitative estimate of drug-likeness (QED) is 0.926. The van der Waals surface area contributed by atoms with Crippen LogP contribution in [0.2, 0.25) is 8.67 Å². The molecule has 0 aliphatic heterocycles. The van der Waals surface area contributed by atoms with Crippen molar-refractivity contribution in [3.8, 4) is 0 Å². The molecule has 2 aromatic heterocycles. The van der Waals surface area contributed by atoms with Gasteiger partial charge in [0.2, 0.25) is 0 Å². The fraction of sp³-hybridized carbons (Fsp3) is 0.250. The van der Waals surface area contributed by atoms with Crippen molar-refractivity contribution >= 4 is 34.5 Å². The summed E-state index contributed by atoms with van der Waals surface area (Å²) in [7, 11) is 0. The van der Waals surface area contributed by atoms with Crippen molar-refractivity contribution in [2.24, 2.45) is 5.73 Å². The van der Waals surface area contributed by atoms with E-state index in [1.165, 1.54) is 11.3 Å². The third kappa shape index (κ3) is 2.99. The molecule has 0 saturated carbocycles. The number of pyridine rings is 1. The fourth-order valence-electron chi connectivity index (χ4n) is 1.66. The van der Waals surface area contributed by atoms with Crippen molar-refractivity contribution in [2.45, 2.75) is 19.4 Å². The minimum atomic E-state index is -0.167.